The van der Waals surface area contributed by atoms with Gasteiger partial charge >= 0.3 is 0 Å². The fraction of sp³-hybridized carbons (Fsp3) is 0.588. The third kappa shape index (κ3) is 2.59. The summed E-state index contributed by atoms with van der Waals surface area (Å²) in [4.78, 5) is 14.5. The van der Waals surface area contributed by atoms with Crippen LogP contribution in [0.4, 0.5) is 0 Å². The fourth-order valence-electron chi connectivity index (χ4n) is 3.83. The van der Waals surface area contributed by atoms with Gasteiger partial charge in [0, 0.05) is 13.1 Å². The van der Waals surface area contributed by atoms with Gasteiger partial charge in [-0.2, -0.15) is 0 Å². The van der Waals surface area contributed by atoms with Crippen molar-refractivity contribution in [3.8, 4) is 0 Å². The highest BCUT2D eigenvalue weighted by molar-refractivity contribution is 5.83. The first-order valence-corrected chi connectivity index (χ1v) is 7.80. The second-order valence-electron chi connectivity index (χ2n) is 6.42. The van der Waals surface area contributed by atoms with Crippen LogP contribution in [0.15, 0.2) is 30.3 Å². The van der Waals surface area contributed by atoms with E-state index in [2.05, 4.69) is 0 Å². The van der Waals surface area contributed by atoms with Crippen molar-refractivity contribution in [2.24, 2.45) is 11.1 Å². The Bertz CT molecular complexity index is 455. The van der Waals surface area contributed by atoms with Crippen LogP contribution in [-0.4, -0.2) is 23.9 Å². The van der Waals surface area contributed by atoms with E-state index in [4.69, 9.17) is 5.73 Å². The number of likely N-dealkylation sites (tertiary alicyclic amines) is 1. The molecule has 1 atom stereocenters. The van der Waals surface area contributed by atoms with Gasteiger partial charge in [0.15, 0.2) is 0 Å². The SMILES string of the molecule is NC(C(=O)N1CCC2(CCCC2)CC1)c1ccccc1. The molecule has 3 nitrogen and oxygen atoms in total. The lowest BCUT2D eigenvalue weighted by Crippen LogP contribution is -2.45. The number of carbonyl (C=O) groups excluding carboxylic acids is 1. The average molecular weight is 272 g/mol. The average Bonchev–Trinajstić information content (AvgIpc) is 2.96. The largest absolute Gasteiger partial charge is 0.341 e. The molecule has 1 aliphatic heterocycles. The Morgan fingerprint density at radius 2 is 1.65 bits per heavy atom. The third-order valence-electron chi connectivity index (χ3n) is 5.22. The van der Waals surface area contributed by atoms with Gasteiger partial charge in [0.1, 0.15) is 6.04 Å². The zero-order valence-electron chi connectivity index (χ0n) is 12.1. The van der Waals surface area contributed by atoms with Crippen LogP contribution in [0.3, 0.4) is 0 Å². The highest BCUT2D eigenvalue weighted by Crippen LogP contribution is 2.46. The summed E-state index contributed by atoms with van der Waals surface area (Å²) in [6, 6.07) is 9.19. The highest BCUT2D eigenvalue weighted by atomic mass is 16.2. The van der Waals surface area contributed by atoms with E-state index >= 15 is 0 Å². The molecule has 1 heterocycles. The first-order chi connectivity index (χ1) is 9.70. The van der Waals surface area contributed by atoms with E-state index in [0.717, 1.165) is 18.7 Å². The van der Waals surface area contributed by atoms with Crippen molar-refractivity contribution >= 4 is 5.91 Å². The lowest BCUT2D eigenvalue weighted by molar-refractivity contribution is -0.135. The van der Waals surface area contributed by atoms with Gasteiger partial charge in [0.05, 0.1) is 0 Å². The Morgan fingerprint density at radius 1 is 1.05 bits per heavy atom. The molecule has 1 saturated heterocycles. The molecule has 1 amide bonds. The Labute approximate surface area is 121 Å². The van der Waals surface area contributed by atoms with Crippen LogP contribution in [0.1, 0.15) is 50.1 Å². The maximum absolute atomic E-state index is 12.5. The van der Waals surface area contributed by atoms with Gasteiger partial charge in [0.2, 0.25) is 5.91 Å². The molecule has 1 aromatic carbocycles. The van der Waals surface area contributed by atoms with E-state index in [0.29, 0.717) is 5.41 Å². The number of nitrogens with two attached hydrogens (primary N) is 1. The van der Waals surface area contributed by atoms with E-state index < -0.39 is 6.04 Å². The normalized spacial score (nSPS) is 22.9. The van der Waals surface area contributed by atoms with Crippen LogP contribution in [0.25, 0.3) is 0 Å². The highest BCUT2D eigenvalue weighted by Gasteiger charge is 2.38. The molecule has 0 radical (unpaired) electrons. The molecule has 1 unspecified atom stereocenters. The van der Waals surface area contributed by atoms with Crippen LogP contribution in [0, 0.1) is 5.41 Å². The van der Waals surface area contributed by atoms with Gasteiger partial charge in [-0.3, -0.25) is 4.79 Å². The van der Waals surface area contributed by atoms with Crippen molar-refractivity contribution in [3.05, 3.63) is 35.9 Å². The molecule has 2 fully saturated rings. The summed E-state index contributed by atoms with van der Waals surface area (Å²) in [6.45, 7) is 1.78. The maximum atomic E-state index is 12.5. The van der Waals surface area contributed by atoms with E-state index in [-0.39, 0.29) is 5.91 Å². The van der Waals surface area contributed by atoms with E-state index in [1.54, 1.807) is 0 Å². The molecule has 1 saturated carbocycles. The predicted molar refractivity (Wildman–Crippen MR) is 80.1 cm³/mol. The van der Waals surface area contributed by atoms with Crippen molar-refractivity contribution in [1.82, 2.24) is 4.90 Å². The molecule has 0 aromatic heterocycles. The molecule has 108 valence electrons. The summed E-state index contributed by atoms with van der Waals surface area (Å²) in [5.41, 5.74) is 7.59. The van der Waals surface area contributed by atoms with Gasteiger partial charge in [-0.25, -0.2) is 0 Å². The Kier molecular flexibility index (Phi) is 3.79. The summed E-state index contributed by atoms with van der Waals surface area (Å²) in [5.74, 6) is 0.0871. The van der Waals surface area contributed by atoms with E-state index in [1.165, 1.54) is 38.5 Å². The van der Waals surface area contributed by atoms with Gasteiger partial charge in [-0.05, 0) is 36.7 Å². The standard InChI is InChI=1S/C17H24N2O/c18-15(14-6-2-1-3-7-14)16(20)19-12-10-17(11-13-19)8-4-5-9-17/h1-3,6-7,15H,4-5,8-13,18H2. The number of benzene rings is 1. The fourth-order valence-corrected chi connectivity index (χ4v) is 3.83. The smallest absolute Gasteiger partial charge is 0.244 e. The number of piperidine rings is 1. The predicted octanol–water partition coefficient (Wildman–Crippen LogP) is 2.87. The van der Waals surface area contributed by atoms with Crippen LogP contribution < -0.4 is 5.73 Å². The van der Waals surface area contributed by atoms with Crippen LogP contribution in [0.2, 0.25) is 0 Å². The molecule has 2 aliphatic rings. The van der Waals surface area contributed by atoms with Gasteiger partial charge in [-0.1, -0.05) is 43.2 Å². The van der Waals surface area contributed by atoms with Gasteiger partial charge in [0.25, 0.3) is 0 Å². The maximum Gasteiger partial charge on any atom is 0.244 e. The summed E-state index contributed by atoms with van der Waals surface area (Å²) >= 11 is 0. The summed E-state index contributed by atoms with van der Waals surface area (Å²) < 4.78 is 0. The van der Waals surface area contributed by atoms with Gasteiger partial charge < -0.3 is 10.6 Å². The van der Waals surface area contributed by atoms with Gasteiger partial charge in [-0.15, -0.1) is 0 Å². The Morgan fingerprint density at radius 3 is 2.25 bits per heavy atom. The first-order valence-electron chi connectivity index (χ1n) is 7.80. The number of hydrogen-bond donors (Lipinski definition) is 1. The number of hydrogen-bond acceptors (Lipinski definition) is 2. The molecule has 20 heavy (non-hydrogen) atoms. The van der Waals surface area contributed by atoms with E-state index in [1.807, 2.05) is 35.2 Å². The van der Waals surface area contributed by atoms with Crippen molar-refractivity contribution in [3.63, 3.8) is 0 Å². The topological polar surface area (TPSA) is 46.3 Å². The number of rotatable bonds is 2. The minimum atomic E-state index is -0.506. The zero-order chi connectivity index (χ0) is 14.0. The monoisotopic (exact) mass is 272 g/mol. The number of carbonyl (C=O) groups is 1. The van der Waals surface area contributed by atoms with Crippen molar-refractivity contribution in [2.45, 2.75) is 44.6 Å². The molecule has 1 aliphatic carbocycles. The van der Waals surface area contributed by atoms with Crippen molar-refractivity contribution < 1.29 is 4.79 Å². The minimum Gasteiger partial charge on any atom is -0.341 e. The molecule has 2 N–H and O–H groups in total. The Balaban J connectivity index is 1.61. The Hall–Kier alpha value is -1.35. The van der Waals surface area contributed by atoms with Crippen LogP contribution >= 0.6 is 0 Å². The molecular weight excluding hydrogens is 248 g/mol. The second-order valence-corrected chi connectivity index (χ2v) is 6.42. The molecule has 1 aromatic rings. The summed E-state index contributed by atoms with van der Waals surface area (Å²) in [6.07, 6.45) is 7.80. The minimum absolute atomic E-state index is 0.0871. The summed E-state index contributed by atoms with van der Waals surface area (Å²) in [7, 11) is 0. The summed E-state index contributed by atoms with van der Waals surface area (Å²) in [5, 5.41) is 0. The van der Waals surface area contributed by atoms with Crippen molar-refractivity contribution in [2.75, 3.05) is 13.1 Å². The number of amides is 1. The van der Waals surface area contributed by atoms with Crippen LogP contribution in [-0.2, 0) is 4.79 Å². The van der Waals surface area contributed by atoms with E-state index in [9.17, 15) is 4.79 Å². The number of nitrogens with zero attached hydrogens (tertiary/aromatic N) is 1. The third-order valence-corrected chi connectivity index (χ3v) is 5.22. The zero-order valence-corrected chi connectivity index (χ0v) is 12.1. The quantitative estimate of drug-likeness (QED) is 0.900. The molecule has 3 heteroatoms. The van der Waals surface area contributed by atoms with Crippen molar-refractivity contribution in [1.29, 1.82) is 0 Å². The van der Waals surface area contributed by atoms with Crippen LogP contribution in [0.5, 0.6) is 0 Å². The molecule has 1 spiro atoms. The second kappa shape index (κ2) is 5.57. The molecular formula is C17H24N2O. The lowest BCUT2D eigenvalue weighted by Gasteiger charge is -2.40. The lowest BCUT2D eigenvalue weighted by atomic mass is 9.77. The molecule has 3 rings (SSSR count). The first kappa shape index (κ1) is 13.6. The molecule has 0 bridgehead atoms.